The van der Waals surface area contributed by atoms with Crippen LogP contribution in [0.5, 0.6) is 0 Å². The van der Waals surface area contributed by atoms with Crippen LogP contribution in [0.1, 0.15) is 26.5 Å². The quantitative estimate of drug-likeness (QED) is 0.452. The molecule has 0 atom stereocenters. The molecule has 0 fully saturated rings. The van der Waals surface area contributed by atoms with Crippen molar-refractivity contribution in [1.82, 2.24) is 19.9 Å². The summed E-state index contributed by atoms with van der Waals surface area (Å²) < 4.78 is 8.34. The molecule has 3 rings (SSSR count). The first-order chi connectivity index (χ1) is 12.8. The van der Waals surface area contributed by atoms with Crippen LogP contribution in [-0.4, -0.2) is 32.5 Å². The molecule has 142 valence electrons. The number of alkyl carbamates (subject to hydrolysis) is 1. The van der Waals surface area contributed by atoms with E-state index in [9.17, 15) is 4.79 Å². The largest absolute Gasteiger partial charge is 0.444 e. The molecule has 1 aromatic carbocycles. The van der Waals surface area contributed by atoms with Gasteiger partial charge in [0.25, 0.3) is 0 Å². The highest BCUT2D eigenvalue weighted by atomic mass is 79.9. The molecule has 8 heteroatoms. The van der Waals surface area contributed by atoms with E-state index >= 15 is 0 Å². The van der Waals surface area contributed by atoms with Gasteiger partial charge in [-0.1, -0.05) is 33.8 Å². The van der Waals surface area contributed by atoms with Gasteiger partial charge in [0.15, 0.2) is 5.16 Å². The van der Waals surface area contributed by atoms with Crippen molar-refractivity contribution in [2.75, 3.05) is 6.26 Å². The van der Waals surface area contributed by atoms with Crippen LogP contribution in [0, 0.1) is 0 Å². The third-order valence-electron chi connectivity index (χ3n) is 3.69. The number of rotatable bonds is 4. The maximum atomic E-state index is 12.1. The lowest BCUT2D eigenvalue weighted by atomic mass is 10.2. The number of hydrogen-bond acceptors (Lipinski definition) is 5. The topological polar surface area (TPSA) is 69.0 Å². The van der Waals surface area contributed by atoms with E-state index < -0.39 is 11.7 Å². The van der Waals surface area contributed by atoms with Crippen LogP contribution in [0.2, 0.25) is 0 Å². The maximum Gasteiger partial charge on any atom is 0.407 e. The average Bonchev–Trinajstić information content (AvgIpc) is 2.96. The van der Waals surface area contributed by atoms with E-state index in [0.29, 0.717) is 11.7 Å². The molecule has 2 heterocycles. The van der Waals surface area contributed by atoms with Crippen molar-refractivity contribution in [2.24, 2.45) is 0 Å². The van der Waals surface area contributed by atoms with E-state index in [-0.39, 0.29) is 0 Å². The Hall–Kier alpha value is -2.06. The molecular formula is C19H21BrN4O2S. The number of benzene rings is 1. The predicted octanol–water partition coefficient (Wildman–Crippen LogP) is 4.93. The van der Waals surface area contributed by atoms with Crippen LogP contribution in [-0.2, 0) is 11.3 Å². The first-order valence-electron chi connectivity index (χ1n) is 8.41. The van der Waals surface area contributed by atoms with Gasteiger partial charge >= 0.3 is 6.09 Å². The van der Waals surface area contributed by atoms with Gasteiger partial charge < -0.3 is 10.1 Å². The molecule has 27 heavy (non-hydrogen) atoms. The number of nitrogens with zero attached hydrogens (tertiary/aromatic N) is 3. The zero-order valence-corrected chi connectivity index (χ0v) is 18.0. The van der Waals surface area contributed by atoms with Crippen molar-refractivity contribution in [3.8, 4) is 5.82 Å². The molecule has 0 saturated carbocycles. The van der Waals surface area contributed by atoms with E-state index in [4.69, 9.17) is 4.74 Å². The summed E-state index contributed by atoms with van der Waals surface area (Å²) in [5, 5.41) is 4.58. The predicted molar refractivity (Wildman–Crippen MR) is 111 cm³/mol. The third-order valence-corrected chi connectivity index (χ3v) is 4.74. The Balaban J connectivity index is 2.00. The van der Waals surface area contributed by atoms with Crippen molar-refractivity contribution in [2.45, 2.75) is 38.1 Å². The zero-order chi connectivity index (χ0) is 19.6. The summed E-state index contributed by atoms with van der Waals surface area (Å²) in [6.45, 7) is 5.84. The summed E-state index contributed by atoms with van der Waals surface area (Å²) in [6.07, 6.45) is 3.23. The summed E-state index contributed by atoms with van der Waals surface area (Å²) >= 11 is 5.02. The molecule has 3 aromatic rings. The summed E-state index contributed by atoms with van der Waals surface area (Å²) in [5.74, 6) is 0.753. The maximum absolute atomic E-state index is 12.1. The molecular weight excluding hydrogens is 428 g/mol. The van der Waals surface area contributed by atoms with Gasteiger partial charge in [-0.05, 0) is 51.3 Å². The normalized spacial score (nSPS) is 11.6. The lowest BCUT2D eigenvalue weighted by molar-refractivity contribution is 0.0522. The monoisotopic (exact) mass is 448 g/mol. The molecule has 0 unspecified atom stereocenters. The van der Waals surface area contributed by atoms with Crippen molar-refractivity contribution in [3.05, 3.63) is 46.7 Å². The van der Waals surface area contributed by atoms with Gasteiger partial charge in [0.1, 0.15) is 11.4 Å². The van der Waals surface area contributed by atoms with Crippen LogP contribution in [0.25, 0.3) is 16.7 Å². The second-order valence-corrected chi connectivity index (χ2v) is 8.62. The summed E-state index contributed by atoms with van der Waals surface area (Å²) in [6, 6.07) is 9.96. The van der Waals surface area contributed by atoms with Crippen molar-refractivity contribution in [3.63, 3.8) is 0 Å². The molecule has 1 amide bonds. The highest BCUT2D eigenvalue weighted by Gasteiger charge is 2.18. The zero-order valence-electron chi connectivity index (χ0n) is 15.6. The van der Waals surface area contributed by atoms with Crippen molar-refractivity contribution >= 4 is 44.7 Å². The first kappa shape index (κ1) is 19.7. The van der Waals surface area contributed by atoms with E-state index in [2.05, 4.69) is 31.2 Å². The molecule has 0 aliphatic heterocycles. The third kappa shape index (κ3) is 4.81. The Morgan fingerprint density at radius 1 is 1.30 bits per heavy atom. The smallest absolute Gasteiger partial charge is 0.407 e. The number of halogens is 1. The van der Waals surface area contributed by atoms with Gasteiger partial charge in [0.2, 0.25) is 0 Å². The van der Waals surface area contributed by atoms with Crippen LogP contribution in [0.4, 0.5) is 4.79 Å². The molecule has 1 N–H and O–H groups in total. The molecule has 0 spiro atoms. The van der Waals surface area contributed by atoms with Gasteiger partial charge in [-0.3, -0.25) is 4.57 Å². The van der Waals surface area contributed by atoms with Crippen LogP contribution < -0.4 is 5.32 Å². The van der Waals surface area contributed by atoms with Crippen molar-refractivity contribution in [1.29, 1.82) is 0 Å². The van der Waals surface area contributed by atoms with Gasteiger partial charge in [-0.2, -0.15) is 0 Å². The minimum absolute atomic E-state index is 0.319. The van der Waals surface area contributed by atoms with Gasteiger partial charge in [-0.15, -0.1) is 0 Å². The molecule has 0 saturated heterocycles. The van der Waals surface area contributed by atoms with E-state index in [1.807, 2.05) is 61.9 Å². The molecule has 6 nitrogen and oxygen atoms in total. The van der Waals surface area contributed by atoms with E-state index in [1.165, 1.54) is 11.8 Å². The number of hydrogen-bond donors (Lipinski definition) is 1. The highest BCUT2D eigenvalue weighted by Crippen LogP contribution is 2.27. The fraction of sp³-hybridized carbons (Fsp3) is 0.316. The molecule has 2 aromatic heterocycles. The summed E-state index contributed by atoms with van der Waals surface area (Å²) in [4.78, 5) is 20.9. The van der Waals surface area contributed by atoms with E-state index in [0.717, 1.165) is 26.9 Å². The summed E-state index contributed by atoms with van der Waals surface area (Å²) in [7, 11) is 0. The van der Waals surface area contributed by atoms with Gasteiger partial charge in [-0.25, -0.2) is 14.8 Å². The summed E-state index contributed by atoms with van der Waals surface area (Å²) in [5.41, 5.74) is 1.36. The Morgan fingerprint density at radius 3 is 2.78 bits per heavy atom. The number of carbonyl (C=O) groups excluding carboxylic acids is 1. The fourth-order valence-electron chi connectivity index (χ4n) is 2.66. The van der Waals surface area contributed by atoms with E-state index in [1.54, 1.807) is 6.20 Å². The standard InChI is InChI=1S/C19H21BrN4O2S/c1-19(2,3)26-18(25)22-11-14-9-12-5-6-13(20)10-15(12)24(14)16-7-8-21-17(23-16)27-4/h5-10H,11H2,1-4H3,(H,22,25). The van der Waals surface area contributed by atoms with Crippen LogP contribution >= 0.6 is 27.7 Å². The number of amides is 1. The lowest BCUT2D eigenvalue weighted by Gasteiger charge is -2.20. The highest BCUT2D eigenvalue weighted by molar-refractivity contribution is 9.10. The van der Waals surface area contributed by atoms with Crippen LogP contribution in [0.3, 0.4) is 0 Å². The minimum atomic E-state index is -0.540. The van der Waals surface area contributed by atoms with Gasteiger partial charge in [0.05, 0.1) is 12.1 Å². The minimum Gasteiger partial charge on any atom is -0.444 e. The Morgan fingerprint density at radius 2 is 2.07 bits per heavy atom. The van der Waals surface area contributed by atoms with Gasteiger partial charge in [0, 0.05) is 21.7 Å². The average molecular weight is 449 g/mol. The SMILES string of the molecule is CSc1nccc(-n2c(CNC(=O)OC(C)(C)C)cc3ccc(Br)cc32)n1. The Labute approximate surface area is 170 Å². The molecule has 0 aliphatic rings. The van der Waals surface area contributed by atoms with Crippen molar-refractivity contribution < 1.29 is 9.53 Å². The number of fused-ring (bicyclic) bond motifs is 1. The number of carbonyl (C=O) groups is 1. The molecule has 0 radical (unpaired) electrons. The number of thioether (sulfide) groups is 1. The number of nitrogens with one attached hydrogen (secondary N) is 1. The molecule has 0 bridgehead atoms. The lowest BCUT2D eigenvalue weighted by Crippen LogP contribution is -2.32. The second-order valence-electron chi connectivity index (χ2n) is 6.93. The molecule has 0 aliphatic carbocycles. The van der Waals surface area contributed by atoms with Crippen LogP contribution in [0.15, 0.2) is 46.2 Å². The Kier molecular flexibility index (Phi) is 5.76. The number of aromatic nitrogens is 3. The Bertz CT molecular complexity index is 981. The number of ether oxygens (including phenoxy) is 1. The second kappa shape index (κ2) is 7.90. The first-order valence-corrected chi connectivity index (χ1v) is 10.4. The fourth-order valence-corrected chi connectivity index (χ4v) is 3.36.